The molecule has 0 aliphatic rings. The van der Waals surface area contributed by atoms with Gasteiger partial charge in [0, 0.05) is 6.42 Å². The fraction of sp³-hybridized carbons (Fsp3) is 0.562. The van der Waals surface area contributed by atoms with Gasteiger partial charge in [0.2, 0.25) is 0 Å². The molecule has 18 heavy (non-hydrogen) atoms. The van der Waals surface area contributed by atoms with Crippen molar-refractivity contribution in [3.05, 3.63) is 34.9 Å². The number of carboxylic acids is 1. The summed E-state index contributed by atoms with van der Waals surface area (Å²) in [4.78, 5) is 10.3. The summed E-state index contributed by atoms with van der Waals surface area (Å²) in [6.45, 7) is 4.30. The van der Waals surface area contributed by atoms with Crippen molar-refractivity contribution in [3.63, 3.8) is 0 Å². The van der Waals surface area contributed by atoms with Crippen LogP contribution in [-0.2, 0) is 11.2 Å². The molecule has 0 saturated carbocycles. The highest BCUT2D eigenvalue weighted by Gasteiger charge is 1.99. The Morgan fingerprint density at radius 3 is 2.39 bits per heavy atom. The third kappa shape index (κ3) is 5.85. The number of aliphatic carboxylic acids is 1. The molecule has 2 heteroatoms. The first-order valence-electron chi connectivity index (χ1n) is 6.87. The van der Waals surface area contributed by atoms with E-state index in [1.807, 2.05) is 0 Å². The van der Waals surface area contributed by atoms with Gasteiger partial charge in [-0.3, -0.25) is 4.79 Å². The Balaban J connectivity index is 2.12. The molecule has 1 rings (SSSR count). The lowest BCUT2D eigenvalue weighted by Gasteiger charge is -2.06. The summed E-state index contributed by atoms with van der Waals surface area (Å²) in [5, 5.41) is 8.52. The molecule has 0 fully saturated rings. The van der Waals surface area contributed by atoms with Gasteiger partial charge in [-0.25, -0.2) is 0 Å². The second-order valence-corrected chi connectivity index (χ2v) is 5.09. The van der Waals surface area contributed by atoms with E-state index in [1.54, 1.807) is 0 Å². The minimum atomic E-state index is -0.676. The zero-order chi connectivity index (χ0) is 13.4. The molecule has 1 N–H and O–H groups in total. The molecule has 1 aromatic carbocycles. The molecule has 100 valence electrons. The maximum absolute atomic E-state index is 10.3. The molecule has 1 aromatic rings. The van der Waals surface area contributed by atoms with Crippen LogP contribution >= 0.6 is 0 Å². The Kier molecular flexibility index (Phi) is 6.48. The number of unbranched alkanes of at least 4 members (excludes halogenated alkanes) is 4. The maximum atomic E-state index is 10.3. The third-order valence-electron chi connectivity index (χ3n) is 3.33. The molecule has 0 saturated heterocycles. The Labute approximate surface area is 110 Å². The molecule has 0 amide bonds. The van der Waals surface area contributed by atoms with Gasteiger partial charge in [0.1, 0.15) is 0 Å². The molecule has 0 bridgehead atoms. The summed E-state index contributed by atoms with van der Waals surface area (Å²) in [5.41, 5.74) is 4.16. The average molecular weight is 248 g/mol. The van der Waals surface area contributed by atoms with Crippen LogP contribution in [0.2, 0.25) is 0 Å². The van der Waals surface area contributed by atoms with Crippen molar-refractivity contribution in [2.24, 2.45) is 0 Å². The lowest BCUT2D eigenvalue weighted by Crippen LogP contribution is -1.94. The predicted octanol–water partition coefficient (Wildman–Crippen LogP) is 4.27. The third-order valence-corrected chi connectivity index (χ3v) is 3.33. The van der Waals surface area contributed by atoms with E-state index in [-0.39, 0.29) is 0 Å². The highest BCUT2D eigenvalue weighted by molar-refractivity contribution is 5.66. The molecular weight excluding hydrogens is 224 g/mol. The van der Waals surface area contributed by atoms with Crippen molar-refractivity contribution in [1.82, 2.24) is 0 Å². The van der Waals surface area contributed by atoms with E-state index in [1.165, 1.54) is 29.5 Å². The van der Waals surface area contributed by atoms with Gasteiger partial charge in [0.25, 0.3) is 0 Å². The predicted molar refractivity (Wildman–Crippen MR) is 75.0 cm³/mol. The SMILES string of the molecule is Cc1ccc(CCCCCCCC(=O)O)c(C)c1. The number of aryl methyl sites for hydroxylation is 3. The molecule has 0 unspecified atom stereocenters. The summed E-state index contributed by atoms with van der Waals surface area (Å²) < 4.78 is 0. The lowest BCUT2D eigenvalue weighted by atomic mass is 9.99. The van der Waals surface area contributed by atoms with Gasteiger partial charge >= 0.3 is 5.97 Å². The van der Waals surface area contributed by atoms with E-state index < -0.39 is 5.97 Å². The smallest absolute Gasteiger partial charge is 0.303 e. The highest BCUT2D eigenvalue weighted by atomic mass is 16.4. The standard InChI is InChI=1S/C16H24O2/c1-13-10-11-15(14(2)12-13)8-6-4-3-5-7-9-16(17)18/h10-12H,3-9H2,1-2H3,(H,17,18). The fourth-order valence-corrected chi connectivity index (χ4v) is 2.25. The monoisotopic (exact) mass is 248 g/mol. The quantitative estimate of drug-likeness (QED) is 0.697. The number of rotatable bonds is 8. The molecule has 0 atom stereocenters. The van der Waals surface area contributed by atoms with Crippen LogP contribution in [0, 0.1) is 13.8 Å². The van der Waals surface area contributed by atoms with Gasteiger partial charge in [0.15, 0.2) is 0 Å². The Morgan fingerprint density at radius 2 is 1.72 bits per heavy atom. The van der Waals surface area contributed by atoms with Crippen LogP contribution in [-0.4, -0.2) is 11.1 Å². The molecule has 0 heterocycles. The molecule has 2 nitrogen and oxygen atoms in total. The number of hydrogen-bond acceptors (Lipinski definition) is 1. The Bertz CT molecular complexity index is 383. The van der Waals surface area contributed by atoms with Crippen LogP contribution in [0.25, 0.3) is 0 Å². The molecule has 0 aliphatic carbocycles. The minimum absolute atomic E-state index is 0.317. The molecule has 0 aliphatic heterocycles. The van der Waals surface area contributed by atoms with Gasteiger partial charge in [-0.05, 0) is 44.2 Å². The number of carboxylic acid groups (broad SMARTS) is 1. The Morgan fingerprint density at radius 1 is 1.06 bits per heavy atom. The van der Waals surface area contributed by atoms with E-state index in [9.17, 15) is 4.79 Å². The highest BCUT2D eigenvalue weighted by Crippen LogP contribution is 2.14. The average Bonchev–Trinajstić information content (AvgIpc) is 2.30. The summed E-state index contributed by atoms with van der Waals surface area (Å²) in [6, 6.07) is 6.65. The first-order chi connectivity index (χ1) is 8.59. The van der Waals surface area contributed by atoms with E-state index in [0.29, 0.717) is 6.42 Å². The molecular formula is C16H24O2. The molecule has 0 radical (unpaired) electrons. The Hall–Kier alpha value is -1.31. The second-order valence-electron chi connectivity index (χ2n) is 5.09. The largest absolute Gasteiger partial charge is 0.481 e. The van der Waals surface area contributed by atoms with Gasteiger partial charge in [-0.15, -0.1) is 0 Å². The summed E-state index contributed by atoms with van der Waals surface area (Å²) in [6.07, 6.45) is 6.88. The van der Waals surface area contributed by atoms with Crippen LogP contribution < -0.4 is 0 Å². The summed E-state index contributed by atoms with van der Waals surface area (Å²) in [7, 11) is 0. The van der Waals surface area contributed by atoms with Crippen molar-refractivity contribution < 1.29 is 9.90 Å². The van der Waals surface area contributed by atoms with E-state index in [2.05, 4.69) is 32.0 Å². The van der Waals surface area contributed by atoms with Gasteiger partial charge in [-0.1, -0.05) is 43.0 Å². The topological polar surface area (TPSA) is 37.3 Å². The van der Waals surface area contributed by atoms with Crippen LogP contribution in [0.5, 0.6) is 0 Å². The van der Waals surface area contributed by atoms with E-state index >= 15 is 0 Å². The molecule has 0 spiro atoms. The van der Waals surface area contributed by atoms with E-state index in [0.717, 1.165) is 25.7 Å². The van der Waals surface area contributed by atoms with E-state index in [4.69, 9.17) is 5.11 Å². The van der Waals surface area contributed by atoms with Gasteiger partial charge in [0.05, 0.1) is 0 Å². The van der Waals surface area contributed by atoms with Gasteiger partial charge < -0.3 is 5.11 Å². The van der Waals surface area contributed by atoms with Crippen molar-refractivity contribution >= 4 is 5.97 Å². The second kappa shape index (κ2) is 7.91. The van der Waals surface area contributed by atoms with Gasteiger partial charge in [-0.2, -0.15) is 0 Å². The van der Waals surface area contributed by atoms with Crippen LogP contribution in [0.3, 0.4) is 0 Å². The zero-order valence-corrected chi connectivity index (χ0v) is 11.5. The van der Waals surface area contributed by atoms with Crippen molar-refractivity contribution in [2.75, 3.05) is 0 Å². The van der Waals surface area contributed by atoms with Crippen LogP contribution in [0.15, 0.2) is 18.2 Å². The number of benzene rings is 1. The minimum Gasteiger partial charge on any atom is -0.481 e. The number of carbonyl (C=O) groups is 1. The first-order valence-corrected chi connectivity index (χ1v) is 6.87. The lowest BCUT2D eigenvalue weighted by molar-refractivity contribution is -0.137. The zero-order valence-electron chi connectivity index (χ0n) is 11.5. The normalized spacial score (nSPS) is 10.6. The van der Waals surface area contributed by atoms with Crippen molar-refractivity contribution in [2.45, 2.75) is 58.8 Å². The molecule has 0 aromatic heterocycles. The maximum Gasteiger partial charge on any atom is 0.303 e. The van der Waals surface area contributed by atoms with Crippen LogP contribution in [0.1, 0.15) is 55.2 Å². The fourth-order valence-electron chi connectivity index (χ4n) is 2.25. The van der Waals surface area contributed by atoms with Crippen molar-refractivity contribution in [1.29, 1.82) is 0 Å². The van der Waals surface area contributed by atoms with Crippen LogP contribution in [0.4, 0.5) is 0 Å². The van der Waals surface area contributed by atoms with Crippen molar-refractivity contribution in [3.8, 4) is 0 Å². The summed E-state index contributed by atoms with van der Waals surface area (Å²) in [5.74, 6) is -0.676. The number of hydrogen-bond donors (Lipinski definition) is 1. The first kappa shape index (κ1) is 14.7. The summed E-state index contributed by atoms with van der Waals surface area (Å²) >= 11 is 0.